The lowest BCUT2D eigenvalue weighted by Crippen LogP contribution is -2.17. The van der Waals surface area contributed by atoms with Crippen molar-refractivity contribution in [3.8, 4) is 22.3 Å². The zero-order valence-corrected chi connectivity index (χ0v) is 30.0. The average Bonchev–Trinajstić information content (AvgIpc) is 3.26. The number of anilines is 5. The Morgan fingerprint density at radius 2 is 0.833 bits per heavy atom. The van der Waals surface area contributed by atoms with E-state index in [9.17, 15) is 0 Å². The molecule has 0 aliphatic heterocycles. The molecular weight excluding hydrogens is 653 g/mol. The minimum atomic E-state index is 0.289. The molecule has 54 heavy (non-hydrogen) atoms. The van der Waals surface area contributed by atoms with Crippen LogP contribution in [0.4, 0.5) is 28.4 Å². The largest absolute Gasteiger partial charge is 0.311 e. The second-order valence-corrected chi connectivity index (χ2v) is 13.8. The molecule has 0 aromatic heterocycles. The Labute approximate surface area is 318 Å². The van der Waals surface area contributed by atoms with E-state index in [2.05, 4.69) is 234 Å². The van der Waals surface area contributed by atoms with E-state index in [0.29, 0.717) is 0 Å². The molecule has 9 rings (SSSR count). The van der Waals surface area contributed by atoms with Gasteiger partial charge in [-0.2, -0.15) is 0 Å². The highest BCUT2D eigenvalue weighted by molar-refractivity contribution is 5.97. The Kier molecular flexibility index (Phi) is 9.15. The van der Waals surface area contributed by atoms with E-state index in [1.54, 1.807) is 0 Å². The van der Waals surface area contributed by atoms with Gasteiger partial charge in [-0.1, -0.05) is 164 Å². The summed E-state index contributed by atoms with van der Waals surface area (Å²) in [4.78, 5) is 4.74. The van der Waals surface area contributed by atoms with E-state index in [1.165, 1.54) is 50.0 Å². The normalized spacial score (nSPS) is 13.7. The van der Waals surface area contributed by atoms with Gasteiger partial charge in [-0.15, -0.1) is 0 Å². The topological polar surface area (TPSA) is 6.48 Å². The number of fused-ring (bicyclic) bond motifs is 1. The summed E-state index contributed by atoms with van der Waals surface area (Å²) in [5, 5.41) is 2.48. The fourth-order valence-electron chi connectivity index (χ4n) is 7.61. The molecule has 8 aromatic rings. The first-order valence-corrected chi connectivity index (χ1v) is 18.7. The van der Waals surface area contributed by atoms with Crippen LogP contribution in [0.5, 0.6) is 0 Å². The fourth-order valence-corrected chi connectivity index (χ4v) is 7.61. The second-order valence-electron chi connectivity index (χ2n) is 13.8. The van der Waals surface area contributed by atoms with Crippen LogP contribution >= 0.6 is 0 Å². The van der Waals surface area contributed by atoms with Crippen molar-refractivity contribution in [1.29, 1.82) is 0 Å². The average molecular weight is 693 g/mol. The van der Waals surface area contributed by atoms with Crippen LogP contribution in [0, 0.1) is 0 Å². The Hall–Kier alpha value is -6.90. The number of para-hydroxylation sites is 1. The van der Waals surface area contributed by atoms with Crippen LogP contribution in [0.1, 0.15) is 17.9 Å². The molecule has 0 spiro atoms. The summed E-state index contributed by atoms with van der Waals surface area (Å²) < 4.78 is 0. The summed E-state index contributed by atoms with van der Waals surface area (Å²) in [6.45, 7) is 0. The fraction of sp³-hybridized carbons (Fsp3) is 0.0385. The predicted octanol–water partition coefficient (Wildman–Crippen LogP) is 14.4. The first kappa shape index (κ1) is 33.0. The molecule has 1 aliphatic rings. The van der Waals surface area contributed by atoms with E-state index < -0.39 is 0 Å². The molecule has 1 unspecified atom stereocenters. The molecule has 8 aromatic carbocycles. The highest BCUT2D eigenvalue weighted by Gasteiger charge is 2.20. The van der Waals surface area contributed by atoms with Gasteiger partial charge in [0, 0.05) is 39.8 Å². The molecule has 0 saturated carbocycles. The smallest absolute Gasteiger partial charge is 0.0539 e. The molecule has 0 saturated heterocycles. The Morgan fingerprint density at radius 3 is 1.39 bits per heavy atom. The van der Waals surface area contributed by atoms with Crippen LogP contribution < -0.4 is 9.80 Å². The molecule has 0 amide bonds. The van der Waals surface area contributed by atoms with E-state index in [4.69, 9.17) is 0 Å². The summed E-state index contributed by atoms with van der Waals surface area (Å²) in [7, 11) is 0. The van der Waals surface area contributed by atoms with Gasteiger partial charge in [-0.3, -0.25) is 0 Å². The zero-order chi connectivity index (χ0) is 36.1. The van der Waals surface area contributed by atoms with Crippen LogP contribution in [0.3, 0.4) is 0 Å². The highest BCUT2D eigenvalue weighted by Crippen LogP contribution is 2.40. The van der Waals surface area contributed by atoms with Gasteiger partial charge in [0.25, 0.3) is 0 Å². The maximum absolute atomic E-state index is 2.39. The first-order valence-electron chi connectivity index (χ1n) is 18.7. The van der Waals surface area contributed by atoms with Crippen molar-refractivity contribution in [2.45, 2.75) is 12.3 Å². The van der Waals surface area contributed by atoms with Crippen LogP contribution in [0.2, 0.25) is 0 Å². The summed E-state index contributed by atoms with van der Waals surface area (Å²) in [5.74, 6) is 0.289. The highest BCUT2D eigenvalue weighted by atomic mass is 15.2. The summed E-state index contributed by atoms with van der Waals surface area (Å²) in [5.41, 5.74) is 13.0. The van der Waals surface area contributed by atoms with Crippen LogP contribution in [0.15, 0.2) is 230 Å². The molecule has 1 aliphatic carbocycles. The lowest BCUT2D eigenvalue weighted by molar-refractivity contribution is 0.840. The van der Waals surface area contributed by atoms with Crippen molar-refractivity contribution in [3.05, 3.63) is 236 Å². The standard InChI is InChI=1S/C52H40N2/c1-4-13-39(14-5-1)41-23-31-47(32-24-41)53(48-33-25-42(26-34-48)40-15-6-2-7-16-40)49-35-27-43(28-36-49)44-29-37-50(38-30-44)54(46-19-8-3-9-20-46)52-22-12-18-45-17-10-11-21-51(45)52/h1-29,31-38,44H,30H2. The van der Waals surface area contributed by atoms with E-state index >= 15 is 0 Å². The van der Waals surface area contributed by atoms with Crippen molar-refractivity contribution >= 4 is 39.2 Å². The lowest BCUT2D eigenvalue weighted by atomic mass is 9.91. The quantitative estimate of drug-likeness (QED) is 0.149. The van der Waals surface area contributed by atoms with E-state index in [-0.39, 0.29) is 5.92 Å². The SMILES string of the molecule is C1=CC(c2ccc(N(c3ccc(-c4ccccc4)cc3)c3ccc(-c4ccccc4)cc3)cc2)CC=C1N(c1ccccc1)c1cccc2ccccc12. The van der Waals surface area contributed by atoms with Gasteiger partial charge in [0.15, 0.2) is 0 Å². The molecule has 1 atom stereocenters. The Morgan fingerprint density at radius 1 is 0.370 bits per heavy atom. The third kappa shape index (κ3) is 6.74. The monoisotopic (exact) mass is 692 g/mol. The number of allylic oxidation sites excluding steroid dienone is 3. The van der Waals surface area contributed by atoms with Gasteiger partial charge in [-0.25, -0.2) is 0 Å². The number of hydrogen-bond donors (Lipinski definition) is 0. The van der Waals surface area contributed by atoms with Gasteiger partial charge in [0.2, 0.25) is 0 Å². The molecule has 0 radical (unpaired) electrons. The lowest BCUT2D eigenvalue weighted by Gasteiger charge is -2.30. The van der Waals surface area contributed by atoms with Crippen LogP contribution in [-0.2, 0) is 0 Å². The Balaban J connectivity index is 1.01. The van der Waals surface area contributed by atoms with E-state index in [1.807, 2.05) is 0 Å². The van der Waals surface area contributed by atoms with Crippen molar-refractivity contribution in [2.24, 2.45) is 0 Å². The molecule has 0 heterocycles. The minimum absolute atomic E-state index is 0.289. The summed E-state index contributed by atoms with van der Waals surface area (Å²) >= 11 is 0. The molecule has 0 bridgehead atoms. The molecule has 2 heteroatoms. The maximum atomic E-state index is 2.39. The third-order valence-corrected chi connectivity index (χ3v) is 10.4. The molecule has 2 nitrogen and oxygen atoms in total. The molecule has 258 valence electrons. The molecule has 0 fully saturated rings. The number of nitrogens with zero attached hydrogens (tertiary/aromatic N) is 2. The summed E-state index contributed by atoms with van der Waals surface area (Å²) in [6, 6.07) is 74.0. The van der Waals surface area contributed by atoms with Gasteiger partial charge in [-0.05, 0) is 100 Å². The van der Waals surface area contributed by atoms with Crippen LogP contribution in [0.25, 0.3) is 33.0 Å². The van der Waals surface area contributed by atoms with Crippen molar-refractivity contribution in [2.75, 3.05) is 9.80 Å². The first-order chi connectivity index (χ1) is 26.8. The zero-order valence-electron chi connectivity index (χ0n) is 30.0. The minimum Gasteiger partial charge on any atom is -0.311 e. The van der Waals surface area contributed by atoms with Crippen molar-refractivity contribution in [1.82, 2.24) is 0 Å². The van der Waals surface area contributed by atoms with Gasteiger partial charge >= 0.3 is 0 Å². The third-order valence-electron chi connectivity index (χ3n) is 10.4. The van der Waals surface area contributed by atoms with E-state index in [0.717, 1.165) is 29.2 Å². The number of rotatable bonds is 9. The molecular formula is C52H40N2. The van der Waals surface area contributed by atoms with Crippen molar-refractivity contribution < 1.29 is 0 Å². The molecule has 0 N–H and O–H groups in total. The Bertz CT molecular complexity index is 2450. The second kappa shape index (κ2) is 15.0. The van der Waals surface area contributed by atoms with Crippen LogP contribution in [-0.4, -0.2) is 0 Å². The number of benzene rings is 8. The predicted molar refractivity (Wildman–Crippen MR) is 229 cm³/mol. The van der Waals surface area contributed by atoms with Crippen molar-refractivity contribution in [3.63, 3.8) is 0 Å². The van der Waals surface area contributed by atoms with Gasteiger partial charge < -0.3 is 9.80 Å². The number of hydrogen-bond acceptors (Lipinski definition) is 2. The summed E-state index contributed by atoms with van der Waals surface area (Å²) in [6.07, 6.45) is 7.98. The maximum Gasteiger partial charge on any atom is 0.0539 e. The van der Waals surface area contributed by atoms with Gasteiger partial charge in [0.05, 0.1) is 5.69 Å². The van der Waals surface area contributed by atoms with Gasteiger partial charge in [0.1, 0.15) is 0 Å².